The van der Waals surface area contributed by atoms with E-state index in [1.807, 2.05) is 0 Å². The lowest BCUT2D eigenvalue weighted by Crippen LogP contribution is -2.48. The van der Waals surface area contributed by atoms with Gasteiger partial charge in [0.25, 0.3) is 0 Å². The van der Waals surface area contributed by atoms with E-state index < -0.39 is 35.6 Å². The fourth-order valence-corrected chi connectivity index (χ4v) is 1.40. The van der Waals surface area contributed by atoms with Gasteiger partial charge in [-0.25, -0.2) is 4.79 Å². The Labute approximate surface area is 128 Å². The maximum absolute atomic E-state index is 11.9. The first-order chi connectivity index (χ1) is 10.0. The molecule has 1 atom stereocenters. The van der Waals surface area contributed by atoms with Crippen LogP contribution in [0.15, 0.2) is 0 Å². The summed E-state index contributed by atoms with van der Waals surface area (Å²) in [5.74, 6) is -2.86. The highest BCUT2D eigenvalue weighted by Crippen LogP contribution is 2.08. The van der Waals surface area contributed by atoms with Gasteiger partial charge in [0.15, 0.2) is 0 Å². The molecule has 0 aromatic heterocycles. The number of carboxylic acid groups (broad SMARTS) is 2. The first-order valence-corrected chi connectivity index (χ1v) is 6.72. The smallest absolute Gasteiger partial charge is 0.408 e. The van der Waals surface area contributed by atoms with Crippen molar-refractivity contribution >= 4 is 23.9 Å². The van der Waals surface area contributed by atoms with Gasteiger partial charge >= 0.3 is 18.0 Å². The third-order valence-corrected chi connectivity index (χ3v) is 2.29. The molecule has 0 bridgehead atoms. The van der Waals surface area contributed by atoms with Gasteiger partial charge in [0.1, 0.15) is 11.6 Å². The zero-order valence-corrected chi connectivity index (χ0v) is 12.8. The molecular weight excluding hydrogens is 296 g/mol. The molecule has 0 aromatic rings. The zero-order valence-electron chi connectivity index (χ0n) is 12.8. The molecule has 0 heterocycles. The molecule has 0 aromatic carbocycles. The molecule has 0 aliphatic rings. The minimum absolute atomic E-state index is 0.117. The summed E-state index contributed by atoms with van der Waals surface area (Å²) in [7, 11) is 0. The maximum atomic E-state index is 11.9. The molecule has 0 unspecified atom stereocenters. The lowest BCUT2D eigenvalue weighted by Gasteiger charge is -2.23. The Bertz CT molecular complexity index is 429. The van der Waals surface area contributed by atoms with E-state index in [9.17, 15) is 19.2 Å². The van der Waals surface area contributed by atoms with Gasteiger partial charge in [-0.1, -0.05) is 0 Å². The Morgan fingerprint density at radius 3 is 2.05 bits per heavy atom. The average Bonchev–Trinajstić information content (AvgIpc) is 2.31. The highest BCUT2D eigenvalue weighted by molar-refractivity contribution is 5.86. The van der Waals surface area contributed by atoms with Crippen molar-refractivity contribution in [1.29, 1.82) is 0 Å². The maximum Gasteiger partial charge on any atom is 0.408 e. The fraction of sp³-hybridized carbons (Fsp3) is 0.692. The quantitative estimate of drug-likeness (QED) is 0.505. The molecular formula is C13H22N2O7. The Morgan fingerprint density at radius 2 is 1.59 bits per heavy atom. The molecule has 126 valence electrons. The van der Waals surface area contributed by atoms with Gasteiger partial charge in [0.05, 0.1) is 6.42 Å². The third kappa shape index (κ3) is 10.5. The van der Waals surface area contributed by atoms with Crippen molar-refractivity contribution in [2.45, 2.75) is 51.7 Å². The SMILES string of the molecule is CC(C)(C)OC(=O)N[C@H](CCC(=O)O)C(=O)NCCC(=O)O. The summed E-state index contributed by atoms with van der Waals surface area (Å²) in [6.45, 7) is 4.82. The summed E-state index contributed by atoms with van der Waals surface area (Å²) in [6, 6.07) is -1.11. The second kappa shape index (κ2) is 8.85. The van der Waals surface area contributed by atoms with E-state index in [-0.39, 0.29) is 25.8 Å². The van der Waals surface area contributed by atoms with Crippen LogP contribution < -0.4 is 10.6 Å². The summed E-state index contributed by atoms with van der Waals surface area (Å²) in [5, 5.41) is 21.8. The molecule has 0 spiro atoms. The minimum Gasteiger partial charge on any atom is -0.481 e. The van der Waals surface area contributed by atoms with Crippen LogP contribution in [0.4, 0.5) is 4.79 Å². The third-order valence-electron chi connectivity index (χ3n) is 2.29. The lowest BCUT2D eigenvalue weighted by atomic mass is 10.1. The monoisotopic (exact) mass is 318 g/mol. The number of hydrogen-bond acceptors (Lipinski definition) is 5. The Balaban J connectivity index is 4.59. The number of carbonyl (C=O) groups is 4. The van der Waals surface area contributed by atoms with Crippen LogP contribution in [0.25, 0.3) is 0 Å². The van der Waals surface area contributed by atoms with Crippen LogP contribution in [-0.4, -0.2) is 52.3 Å². The van der Waals surface area contributed by atoms with Crippen LogP contribution in [0.1, 0.15) is 40.0 Å². The standard InChI is InChI=1S/C13H22N2O7/c1-13(2,3)22-12(21)15-8(4-5-9(16)17)11(20)14-7-6-10(18)19/h8H,4-7H2,1-3H3,(H,14,20)(H,15,21)(H,16,17)(H,18,19)/t8-/m1/s1. The molecule has 9 heteroatoms. The zero-order chi connectivity index (χ0) is 17.3. The summed E-state index contributed by atoms with van der Waals surface area (Å²) in [4.78, 5) is 44.5. The molecule has 0 saturated heterocycles. The van der Waals surface area contributed by atoms with E-state index in [0.29, 0.717) is 0 Å². The van der Waals surface area contributed by atoms with E-state index in [2.05, 4.69) is 10.6 Å². The highest BCUT2D eigenvalue weighted by Gasteiger charge is 2.24. The molecule has 0 aliphatic heterocycles. The topological polar surface area (TPSA) is 142 Å². The predicted molar refractivity (Wildman–Crippen MR) is 75.3 cm³/mol. The van der Waals surface area contributed by atoms with Crippen molar-refractivity contribution in [3.8, 4) is 0 Å². The number of aliphatic carboxylic acids is 2. The van der Waals surface area contributed by atoms with Gasteiger partial charge in [0, 0.05) is 13.0 Å². The number of ether oxygens (including phenoxy) is 1. The van der Waals surface area contributed by atoms with E-state index in [1.165, 1.54) is 0 Å². The first kappa shape index (κ1) is 19.7. The largest absolute Gasteiger partial charge is 0.481 e. The van der Waals surface area contributed by atoms with Crippen molar-refractivity contribution in [1.82, 2.24) is 10.6 Å². The van der Waals surface area contributed by atoms with Gasteiger partial charge in [0.2, 0.25) is 5.91 Å². The lowest BCUT2D eigenvalue weighted by molar-refractivity contribution is -0.138. The van der Waals surface area contributed by atoms with Crippen molar-refractivity contribution in [3.63, 3.8) is 0 Å². The molecule has 22 heavy (non-hydrogen) atoms. The molecule has 0 fully saturated rings. The molecule has 2 amide bonds. The van der Waals surface area contributed by atoms with E-state index in [0.717, 1.165) is 0 Å². The van der Waals surface area contributed by atoms with Crippen LogP contribution in [0.2, 0.25) is 0 Å². The van der Waals surface area contributed by atoms with Crippen molar-refractivity contribution in [3.05, 3.63) is 0 Å². The van der Waals surface area contributed by atoms with E-state index in [4.69, 9.17) is 14.9 Å². The molecule has 0 rings (SSSR count). The average molecular weight is 318 g/mol. The van der Waals surface area contributed by atoms with E-state index in [1.54, 1.807) is 20.8 Å². The van der Waals surface area contributed by atoms with Crippen LogP contribution >= 0.6 is 0 Å². The number of rotatable bonds is 8. The summed E-state index contributed by atoms with van der Waals surface area (Å²) in [5.41, 5.74) is -0.763. The van der Waals surface area contributed by atoms with Crippen LogP contribution in [-0.2, 0) is 19.1 Å². The van der Waals surface area contributed by atoms with Gasteiger partial charge in [-0.2, -0.15) is 0 Å². The molecule has 0 saturated carbocycles. The van der Waals surface area contributed by atoms with E-state index >= 15 is 0 Å². The number of amides is 2. The molecule has 0 radical (unpaired) electrons. The van der Waals surface area contributed by atoms with Crippen LogP contribution in [0, 0.1) is 0 Å². The number of nitrogens with one attached hydrogen (secondary N) is 2. The van der Waals surface area contributed by atoms with Gasteiger partial charge < -0.3 is 25.6 Å². The highest BCUT2D eigenvalue weighted by atomic mass is 16.6. The first-order valence-electron chi connectivity index (χ1n) is 6.72. The Hall–Kier alpha value is -2.32. The number of alkyl carbamates (subject to hydrolysis) is 1. The molecule has 4 N–H and O–H groups in total. The van der Waals surface area contributed by atoms with Crippen LogP contribution in [0.5, 0.6) is 0 Å². The minimum atomic E-state index is -1.12. The predicted octanol–water partition coefficient (Wildman–Crippen LogP) is 0.335. The normalized spacial score (nSPS) is 12.1. The van der Waals surface area contributed by atoms with Gasteiger partial charge in [-0.15, -0.1) is 0 Å². The number of carboxylic acids is 2. The van der Waals surface area contributed by atoms with Crippen molar-refractivity contribution < 1.29 is 34.1 Å². The Morgan fingerprint density at radius 1 is 1.05 bits per heavy atom. The fourth-order valence-electron chi connectivity index (χ4n) is 1.40. The van der Waals surface area contributed by atoms with Gasteiger partial charge in [-0.3, -0.25) is 14.4 Å². The second-order valence-corrected chi connectivity index (χ2v) is 5.57. The van der Waals surface area contributed by atoms with Gasteiger partial charge in [-0.05, 0) is 27.2 Å². The summed E-state index contributed by atoms with van der Waals surface area (Å²) in [6.07, 6.45) is -1.58. The van der Waals surface area contributed by atoms with Crippen LogP contribution in [0.3, 0.4) is 0 Å². The number of hydrogen-bond donors (Lipinski definition) is 4. The van der Waals surface area contributed by atoms with Crippen molar-refractivity contribution in [2.24, 2.45) is 0 Å². The number of carbonyl (C=O) groups excluding carboxylic acids is 2. The summed E-state index contributed by atoms with van der Waals surface area (Å²) < 4.78 is 5.00. The second-order valence-electron chi connectivity index (χ2n) is 5.57. The molecule has 9 nitrogen and oxygen atoms in total. The Kier molecular flexibility index (Phi) is 7.92. The molecule has 0 aliphatic carbocycles. The summed E-state index contributed by atoms with van der Waals surface area (Å²) >= 11 is 0. The van der Waals surface area contributed by atoms with Crippen molar-refractivity contribution in [2.75, 3.05) is 6.54 Å².